The lowest BCUT2D eigenvalue weighted by Gasteiger charge is -2.39. The Morgan fingerprint density at radius 1 is 1.00 bits per heavy atom. The molecule has 1 saturated heterocycles. The molecule has 5 rings (SSSR count). The molecular formula is C33H41N3O5S+. The van der Waals surface area contributed by atoms with Gasteiger partial charge in [-0.15, -0.1) is 4.90 Å². The molecule has 8 nitrogen and oxygen atoms in total. The van der Waals surface area contributed by atoms with Gasteiger partial charge in [0, 0.05) is 20.1 Å². The summed E-state index contributed by atoms with van der Waals surface area (Å²) in [7, 11) is -2.45. The number of nitrogens with zero attached hydrogens (tertiary/aromatic N) is 2. The van der Waals surface area contributed by atoms with Crippen LogP contribution in [-0.4, -0.2) is 64.5 Å². The smallest absolute Gasteiger partial charge is 0.322 e. The van der Waals surface area contributed by atoms with Crippen molar-refractivity contribution in [2.45, 2.75) is 55.3 Å². The summed E-state index contributed by atoms with van der Waals surface area (Å²) in [6, 6.07) is 26.3. The lowest BCUT2D eigenvalue weighted by Crippen LogP contribution is -2.60. The van der Waals surface area contributed by atoms with Crippen LogP contribution in [0.2, 0.25) is 0 Å². The first-order valence-corrected chi connectivity index (χ1v) is 16.0. The fourth-order valence-corrected chi connectivity index (χ4v) is 8.27. The van der Waals surface area contributed by atoms with Crippen LogP contribution < -0.4 is 10.6 Å². The molecule has 1 aliphatic heterocycles. The van der Waals surface area contributed by atoms with Crippen molar-refractivity contribution >= 4 is 16.0 Å². The van der Waals surface area contributed by atoms with Gasteiger partial charge in [0.1, 0.15) is 18.6 Å². The van der Waals surface area contributed by atoms with Crippen LogP contribution in [0.3, 0.4) is 0 Å². The van der Waals surface area contributed by atoms with Crippen LogP contribution in [0.5, 0.6) is 0 Å². The number of rotatable bonds is 11. The maximum Gasteiger partial charge on any atom is 0.322 e. The van der Waals surface area contributed by atoms with Crippen LogP contribution >= 0.6 is 0 Å². The summed E-state index contributed by atoms with van der Waals surface area (Å²) in [6.07, 6.45) is 2.20. The van der Waals surface area contributed by atoms with E-state index < -0.39 is 21.4 Å². The summed E-state index contributed by atoms with van der Waals surface area (Å²) < 4.78 is 38.7. The monoisotopic (exact) mass is 591 g/mol. The Morgan fingerprint density at radius 3 is 2.14 bits per heavy atom. The van der Waals surface area contributed by atoms with E-state index in [0.717, 1.165) is 29.5 Å². The average molecular weight is 592 g/mol. The predicted molar refractivity (Wildman–Crippen MR) is 162 cm³/mol. The van der Waals surface area contributed by atoms with Gasteiger partial charge in [0.25, 0.3) is 0 Å². The maximum absolute atomic E-state index is 13.6. The largest absolute Gasteiger partial charge is 0.379 e. The molecule has 42 heavy (non-hydrogen) atoms. The molecule has 2 N–H and O–H groups in total. The van der Waals surface area contributed by atoms with E-state index in [9.17, 15) is 13.2 Å². The van der Waals surface area contributed by atoms with Crippen LogP contribution in [-0.2, 0) is 29.2 Å². The molecule has 0 aromatic heterocycles. The number of hydrogen-bond donors (Lipinski definition) is 1. The van der Waals surface area contributed by atoms with E-state index in [4.69, 9.17) is 14.7 Å². The summed E-state index contributed by atoms with van der Waals surface area (Å²) >= 11 is 0. The van der Waals surface area contributed by atoms with Crippen molar-refractivity contribution in [3.05, 3.63) is 102 Å². The zero-order valence-corrected chi connectivity index (χ0v) is 25.4. The van der Waals surface area contributed by atoms with E-state index in [0.29, 0.717) is 32.7 Å². The third kappa shape index (κ3) is 5.52. The van der Waals surface area contributed by atoms with Gasteiger partial charge in [-0.3, -0.25) is 4.79 Å². The zero-order valence-electron chi connectivity index (χ0n) is 24.6. The van der Waals surface area contributed by atoms with E-state index in [-0.39, 0.29) is 22.8 Å². The molecule has 3 aromatic carbocycles. The van der Waals surface area contributed by atoms with Crippen LogP contribution in [0, 0.1) is 12.8 Å². The Labute approximate surface area is 249 Å². The number of nitrogens with two attached hydrogens (primary N) is 1. The minimum atomic E-state index is -4.08. The molecule has 1 radical (unpaired) electrons. The minimum absolute atomic E-state index is 0.0214. The van der Waals surface area contributed by atoms with Gasteiger partial charge >= 0.3 is 16.0 Å². The molecule has 9 heteroatoms. The lowest BCUT2D eigenvalue weighted by molar-refractivity contribution is -0.124. The van der Waals surface area contributed by atoms with Crippen LogP contribution in [0.1, 0.15) is 42.9 Å². The van der Waals surface area contributed by atoms with Gasteiger partial charge in [0.05, 0.1) is 11.4 Å². The maximum atomic E-state index is 13.6. The van der Waals surface area contributed by atoms with Gasteiger partial charge in [-0.05, 0) is 55.4 Å². The van der Waals surface area contributed by atoms with Crippen molar-refractivity contribution in [2.75, 3.05) is 33.4 Å². The molecule has 1 saturated carbocycles. The number of primary amides is 1. The van der Waals surface area contributed by atoms with Crippen LogP contribution in [0.15, 0.2) is 89.8 Å². The number of carbonyl (C=O) groups is 1. The molecule has 3 aromatic rings. The predicted octanol–water partition coefficient (Wildman–Crippen LogP) is 4.12. The molecule has 3 atom stereocenters. The molecular weight excluding hydrogens is 550 g/mol. The zero-order chi connectivity index (χ0) is 30.0. The number of hydrogen-bond acceptors (Lipinski definition) is 7. The summed E-state index contributed by atoms with van der Waals surface area (Å²) in [5, 5.41) is 0. The summed E-state index contributed by atoms with van der Waals surface area (Å²) in [5.74, 6) is -1.69. The van der Waals surface area contributed by atoms with Crippen molar-refractivity contribution < 1.29 is 22.1 Å². The van der Waals surface area contributed by atoms with E-state index in [1.165, 1.54) is 0 Å². The minimum Gasteiger partial charge on any atom is -0.379 e. The van der Waals surface area contributed by atoms with Gasteiger partial charge in [0.15, 0.2) is 6.54 Å². The first kappa shape index (κ1) is 30.4. The van der Waals surface area contributed by atoms with E-state index >= 15 is 0 Å². The Bertz CT molecular complexity index is 1430. The average Bonchev–Trinajstić information content (AvgIpc) is 3.57. The Kier molecular flexibility index (Phi) is 8.87. The third-order valence-corrected chi connectivity index (χ3v) is 10.6. The molecule has 223 valence electrons. The fraction of sp³-hybridized carbons (Fsp3) is 0.424. The van der Waals surface area contributed by atoms with E-state index in [1.54, 1.807) is 31.4 Å². The SMILES string of the molecule is COCC[N+]1CCN(C2CCC(C(C(N)=O)(c3ccccc3)c3ccccc3)C2)C1(C)OS(=O)(=O)c1ccc(C)cc1. The third-order valence-electron chi connectivity index (χ3n) is 9.18. The van der Waals surface area contributed by atoms with Crippen LogP contribution in [0.25, 0.3) is 0 Å². The van der Waals surface area contributed by atoms with Crippen molar-refractivity contribution in [2.24, 2.45) is 11.7 Å². The van der Waals surface area contributed by atoms with Gasteiger partial charge in [-0.25, -0.2) is 4.90 Å². The number of amides is 1. The fourth-order valence-electron chi connectivity index (χ4n) is 7.09. The van der Waals surface area contributed by atoms with E-state index in [1.807, 2.05) is 79.4 Å². The highest BCUT2D eigenvalue weighted by Gasteiger charge is 2.60. The topological polar surface area (TPSA) is 105 Å². The number of carbonyl (C=O) groups excluding carboxylic acids is 1. The Morgan fingerprint density at radius 2 is 1.60 bits per heavy atom. The van der Waals surface area contributed by atoms with Gasteiger partial charge in [0.2, 0.25) is 5.91 Å². The molecule has 1 aliphatic carbocycles. The standard InChI is InChI=1S/C33H41N3O5S/c1-25-14-18-30(19-15-25)42(38,39)41-32(2)35(22-23-40-3)20-21-36(32)29-17-16-28(24-29)33(31(34)37,26-10-6-4-7-11-26)27-12-8-5-9-13-27/h4-15,18-19,28-29H,16-17,20-24H2,1-3H3,(H2,34,37)/q+1. The number of ether oxygens (including phenoxy) is 1. The molecule has 1 amide bonds. The normalized spacial score (nSPS) is 23.8. The van der Waals surface area contributed by atoms with Crippen molar-refractivity contribution in [3.8, 4) is 0 Å². The van der Waals surface area contributed by atoms with Crippen LogP contribution in [0.4, 0.5) is 0 Å². The Hall–Kier alpha value is -3.08. The molecule has 2 fully saturated rings. The summed E-state index contributed by atoms with van der Waals surface area (Å²) in [6.45, 7) is 5.96. The number of aryl methyl sites for hydroxylation is 1. The quantitative estimate of drug-likeness (QED) is 0.266. The second-order valence-corrected chi connectivity index (χ2v) is 13.1. The summed E-state index contributed by atoms with van der Waals surface area (Å²) in [4.78, 5) is 17.9. The highest BCUT2D eigenvalue weighted by atomic mass is 32.2. The lowest BCUT2D eigenvalue weighted by atomic mass is 9.64. The number of methoxy groups -OCH3 is 1. The van der Waals surface area contributed by atoms with Crippen molar-refractivity contribution in [1.82, 2.24) is 9.80 Å². The van der Waals surface area contributed by atoms with E-state index in [2.05, 4.69) is 4.90 Å². The molecule has 2 aliphatic rings. The first-order valence-electron chi connectivity index (χ1n) is 14.6. The van der Waals surface area contributed by atoms with Gasteiger partial charge < -0.3 is 10.5 Å². The van der Waals surface area contributed by atoms with Crippen molar-refractivity contribution in [3.63, 3.8) is 0 Å². The summed E-state index contributed by atoms with van der Waals surface area (Å²) in [5.41, 5.74) is 8.02. The second-order valence-electron chi connectivity index (χ2n) is 11.5. The van der Waals surface area contributed by atoms with Gasteiger partial charge in [-0.2, -0.15) is 12.6 Å². The highest BCUT2D eigenvalue weighted by molar-refractivity contribution is 7.86. The Balaban J connectivity index is 1.50. The highest BCUT2D eigenvalue weighted by Crippen LogP contribution is 2.49. The molecule has 3 unspecified atom stereocenters. The van der Waals surface area contributed by atoms with Crippen molar-refractivity contribution in [1.29, 1.82) is 0 Å². The number of benzene rings is 3. The second kappa shape index (κ2) is 12.3. The molecule has 1 heterocycles. The molecule has 0 spiro atoms. The first-order chi connectivity index (χ1) is 20.1. The van der Waals surface area contributed by atoms with Gasteiger partial charge in [-0.1, -0.05) is 78.4 Å². The molecule has 0 bridgehead atoms.